The third-order valence-corrected chi connectivity index (χ3v) is 7.55. The maximum atomic E-state index is 13.0. The second-order valence-corrected chi connectivity index (χ2v) is 11.4. The molecule has 0 aliphatic heterocycles. The molecule has 1 aromatic heterocycles. The quantitative estimate of drug-likeness (QED) is 0.0435. The van der Waals surface area contributed by atoms with E-state index in [2.05, 4.69) is 18.1 Å². The van der Waals surface area contributed by atoms with Crippen LogP contribution in [0.3, 0.4) is 0 Å². The molecule has 0 spiro atoms. The molecule has 5 rings (SSSR count). The largest absolute Gasteiger partial charge is 0.493 e. The number of rotatable bonds is 17. The summed E-state index contributed by atoms with van der Waals surface area (Å²) >= 11 is 0. The van der Waals surface area contributed by atoms with Gasteiger partial charge < -0.3 is 32.8 Å². The first-order chi connectivity index (χ1) is 26.1. The van der Waals surface area contributed by atoms with E-state index in [1.807, 2.05) is 0 Å². The molecule has 276 valence electrons. The van der Waals surface area contributed by atoms with Gasteiger partial charge in [-0.1, -0.05) is 13.2 Å². The second-order valence-electron chi connectivity index (χ2n) is 11.4. The van der Waals surface area contributed by atoms with Crippen LogP contribution in [0.5, 0.6) is 23.0 Å². The molecule has 13 heteroatoms. The Morgan fingerprint density at radius 3 is 1.74 bits per heavy atom. The molecule has 0 aliphatic carbocycles. The van der Waals surface area contributed by atoms with E-state index in [1.54, 1.807) is 79.7 Å². The van der Waals surface area contributed by atoms with Crippen LogP contribution in [-0.2, 0) is 19.1 Å². The Balaban J connectivity index is 1.16. The summed E-state index contributed by atoms with van der Waals surface area (Å²) in [5.41, 5.74) is 1.26. The summed E-state index contributed by atoms with van der Waals surface area (Å²) in [5, 5.41) is 0.110. The molecule has 0 aliphatic rings. The number of carbonyl (C=O) groups is 4. The van der Waals surface area contributed by atoms with E-state index in [0.29, 0.717) is 65.5 Å². The lowest BCUT2D eigenvalue weighted by molar-refractivity contribution is -0.138. The maximum absolute atomic E-state index is 13.0. The zero-order valence-electron chi connectivity index (χ0n) is 29.2. The number of nitrogens with zero attached hydrogens (tertiary/aromatic N) is 1. The number of carbonyl (C=O) groups excluding carboxylic acids is 4. The van der Waals surface area contributed by atoms with Crippen molar-refractivity contribution < 1.29 is 52.0 Å². The molecule has 0 unspecified atom stereocenters. The van der Waals surface area contributed by atoms with E-state index >= 15 is 0 Å². The molecule has 0 bridgehead atoms. The number of aryl methyl sites for hydroxylation is 1. The Bertz CT molecular complexity index is 2220. The molecular formula is C41H35NO12. The van der Waals surface area contributed by atoms with Crippen molar-refractivity contribution in [3.8, 4) is 34.5 Å². The van der Waals surface area contributed by atoms with Crippen molar-refractivity contribution in [1.29, 1.82) is 0 Å². The lowest BCUT2D eigenvalue weighted by Gasteiger charge is -2.10. The van der Waals surface area contributed by atoms with Gasteiger partial charge in [0.05, 0.1) is 48.5 Å². The van der Waals surface area contributed by atoms with E-state index in [-0.39, 0.29) is 35.8 Å². The Morgan fingerprint density at radius 1 is 0.667 bits per heavy atom. The topological polar surface area (TPSA) is 167 Å². The molecule has 0 saturated heterocycles. The fourth-order valence-corrected chi connectivity index (χ4v) is 4.80. The minimum absolute atomic E-state index is 0.0489. The highest BCUT2D eigenvalue weighted by Gasteiger charge is 2.16. The molecule has 13 nitrogen and oxygen atoms in total. The van der Waals surface area contributed by atoms with Crippen LogP contribution in [0.2, 0.25) is 0 Å². The van der Waals surface area contributed by atoms with Crippen molar-refractivity contribution in [3.05, 3.63) is 137 Å². The SMILES string of the molecule is C=CC(=O)OCCCOc1ccc(C(=O)Oc2ccc3nc(-c4ccc(OC(=O)c5ccc(OCCCOC(=O)C=C)cc5)c(C)c4)oc(=O)c3c2)cc1. The highest BCUT2D eigenvalue weighted by Crippen LogP contribution is 2.28. The summed E-state index contributed by atoms with van der Waals surface area (Å²) in [6.45, 7) is 9.42. The zero-order chi connectivity index (χ0) is 38.5. The fraction of sp³-hybridized carbons (Fsp3) is 0.171. The van der Waals surface area contributed by atoms with Crippen LogP contribution in [0.4, 0.5) is 0 Å². The molecule has 1 heterocycles. The Morgan fingerprint density at radius 2 is 1.20 bits per heavy atom. The van der Waals surface area contributed by atoms with E-state index < -0.39 is 29.5 Å². The van der Waals surface area contributed by atoms with E-state index in [1.165, 1.54) is 12.1 Å². The van der Waals surface area contributed by atoms with Gasteiger partial charge in [-0.25, -0.2) is 29.0 Å². The standard InChI is InChI=1S/C41H35NO12/c1-4-36(43)50-22-6-20-48-30-13-8-27(9-14-30)39(45)52-32-17-18-34-33(25-32)41(47)54-38(42-34)29-12-19-35(26(3)24-29)53-40(46)28-10-15-31(16-11-28)49-21-7-23-51-37(44)5-2/h4-5,8-19,24-25H,1-2,6-7,20-23H2,3H3. The van der Waals surface area contributed by atoms with Crippen LogP contribution in [0, 0.1) is 6.92 Å². The number of esters is 4. The number of hydrogen-bond acceptors (Lipinski definition) is 13. The van der Waals surface area contributed by atoms with Gasteiger partial charge in [-0.05, 0) is 97.4 Å². The lowest BCUT2D eigenvalue weighted by atomic mass is 10.1. The first-order valence-corrected chi connectivity index (χ1v) is 16.7. The average Bonchev–Trinajstić information content (AvgIpc) is 3.18. The predicted molar refractivity (Wildman–Crippen MR) is 196 cm³/mol. The average molecular weight is 734 g/mol. The molecule has 0 N–H and O–H groups in total. The summed E-state index contributed by atoms with van der Waals surface area (Å²) in [6, 6.07) is 22.0. The van der Waals surface area contributed by atoms with Gasteiger partial charge in [0.1, 0.15) is 23.0 Å². The summed E-state index contributed by atoms with van der Waals surface area (Å²) < 4.78 is 37.6. The number of benzene rings is 4. The highest BCUT2D eigenvalue weighted by atomic mass is 16.5. The van der Waals surface area contributed by atoms with Crippen LogP contribution in [-0.4, -0.2) is 55.3 Å². The monoisotopic (exact) mass is 733 g/mol. The molecule has 0 saturated carbocycles. The molecule has 5 aromatic rings. The fourth-order valence-electron chi connectivity index (χ4n) is 4.80. The van der Waals surface area contributed by atoms with Crippen molar-refractivity contribution in [2.24, 2.45) is 0 Å². The summed E-state index contributed by atoms with van der Waals surface area (Å²) in [4.78, 5) is 65.3. The van der Waals surface area contributed by atoms with Crippen LogP contribution >= 0.6 is 0 Å². The minimum atomic E-state index is -0.689. The highest BCUT2D eigenvalue weighted by molar-refractivity contribution is 5.92. The Labute approximate surface area is 309 Å². The van der Waals surface area contributed by atoms with E-state index in [9.17, 15) is 24.0 Å². The molecule has 0 amide bonds. The van der Waals surface area contributed by atoms with Gasteiger partial charge in [0.2, 0.25) is 5.89 Å². The van der Waals surface area contributed by atoms with Gasteiger partial charge in [-0.3, -0.25) is 0 Å². The van der Waals surface area contributed by atoms with Gasteiger partial charge in [-0.2, -0.15) is 0 Å². The number of ether oxygens (including phenoxy) is 6. The van der Waals surface area contributed by atoms with Crippen LogP contribution in [0.15, 0.2) is 119 Å². The summed E-state index contributed by atoms with van der Waals surface area (Å²) in [6.07, 6.45) is 3.16. The molecular weight excluding hydrogens is 698 g/mol. The number of fused-ring (bicyclic) bond motifs is 1. The molecule has 0 radical (unpaired) electrons. The Hall–Kier alpha value is -7.02. The van der Waals surface area contributed by atoms with Crippen molar-refractivity contribution in [1.82, 2.24) is 4.98 Å². The predicted octanol–water partition coefficient (Wildman–Crippen LogP) is 6.60. The van der Waals surface area contributed by atoms with Crippen molar-refractivity contribution in [2.75, 3.05) is 26.4 Å². The van der Waals surface area contributed by atoms with Gasteiger partial charge >= 0.3 is 29.5 Å². The van der Waals surface area contributed by atoms with Crippen molar-refractivity contribution >= 4 is 34.8 Å². The van der Waals surface area contributed by atoms with Gasteiger partial charge in [0.25, 0.3) is 0 Å². The van der Waals surface area contributed by atoms with Gasteiger partial charge in [0.15, 0.2) is 0 Å². The van der Waals surface area contributed by atoms with Gasteiger partial charge in [0, 0.05) is 30.6 Å². The van der Waals surface area contributed by atoms with E-state index in [0.717, 1.165) is 12.2 Å². The molecule has 54 heavy (non-hydrogen) atoms. The van der Waals surface area contributed by atoms with Crippen LogP contribution in [0.1, 0.15) is 39.1 Å². The first-order valence-electron chi connectivity index (χ1n) is 16.7. The number of hydrogen-bond donors (Lipinski definition) is 0. The second kappa shape index (κ2) is 18.5. The zero-order valence-corrected chi connectivity index (χ0v) is 29.2. The first kappa shape index (κ1) is 38.2. The minimum Gasteiger partial charge on any atom is -0.493 e. The van der Waals surface area contributed by atoms with Crippen LogP contribution < -0.4 is 24.6 Å². The van der Waals surface area contributed by atoms with Gasteiger partial charge in [-0.15, -0.1) is 0 Å². The third-order valence-electron chi connectivity index (χ3n) is 7.55. The molecule has 0 fully saturated rings. The van der Waals surface area contributed by atoms with Crippen molar-refractivity contribution in [3.63, 3.8) is 0 Å². The van der Waals surface area contributed by atoms with Crippen molar-refractivity contribution in [2.45, 2.75) is 19.8 Å². The smallest absolute Gasteiger partial charge is 0.347 e. The summed E-state index contributed by atoms with van der Waals surface area (Å²) in [7, 11) is 0. The lowest BCUT2D eigenvalue weighted by Crippen LogP contribution is -2.10. The maximum Gasteiger partial charge on any atom is 0.347 e. The third kappa shape index (κ3) is 10.5. The molecule has 4 aromatic carbocycles. The summed E-state index contributed by atoms with van der Waals surface area (Å²) in [5.74, 6) is -0.688. The molecule has 0 atom stereocenters. The number of aromatic nitrogens is 1. The van der Waals surface area contributed by atoms with Crippen LogP contribution in [0.25, 0.3) is 22.4 Å². The Kier molecular flexibility index (Phi) is 13.1. The normalized spacial score (nSPS) is 10.5. The van der Waals surface area contributed by atoms with E-state index in [4.69, 9.17) is 32.8 Å².